The van der Waals surface area contributed by atoms with Crippen LogP contribution in [0.5, 0.6) is 0 Å². The molecule has 8 heteroatoms. The van der Waals surface area contributed by atoms with Gasteiger partial charge in [-0.05, 0) is 19.3 Å². The molecule has 1 amide bonds. The number of aromatic nitrogens is 3. The molecule has 0 aromatic carbocycles. The van der Waals surface area contributed by atoms with Crippen molar-refractivity contribution >= 4 is 11.9 Å². The number of hydrogen-bond acceptors (Lipinski definition) is 7. The van der Waals surface area contributed by atoms with Crippen LogP contribution in [0.15, 0.2) is 16.8 Å². The van der Waals surface area contributed by atoms with Crippen LogP contribution in [0.1, 0.15) is 53.7 Å². The second-order valence-corrected chi connectivity index (χ2v) is 7.11. The molecule has 27 heavy (non-hydrogen) atoms. The topological polar surface area (TPSA) is 93.4 Å². The highest BCUT2D eigenvalue weighted by Gasteiger charge is 2.24. The number of nitrogens with one attached hydrogen (secondary N) is 1. The molecule has 1 N–H and O–H groups in total. The lowest BCUT2D eigenvalue weighted by atomic mass is 10.0. The van der Waals surface area contributed by atoms with Gasteiger partial charge in [0.1, 0.15) is 5.76 Å². The maximum atomic E-state index is 12.4. The standard InChI is InChI=1S/C19H25N5O3/c1-2-3-15-10-17(23-27-15)18(25)21-14-4-7-24(8-5-14)19-20-11-13-12-26-9-6-16(13)22-19/h10-11,14H,2-9,12H2,1H3,(H,21,25). The molecular weight excluding hydrogens is 346 g/mol. The summed E-state index contributed by atoms with van der Waals surface area (Å²) in [6, 6.07) is 1.87. The lowest BCUT2D eigenvalue weighted by Gasteiger charge is -2.32. The van der Waals surface area contributed by atoms with Crippen molar-refractivity contribution < 1.29 is 14.1 Å². The van der Waals surface area contributed by atoms with Crippen molar-refractivity contribution in [1.29, 1.82) is 0 Å². The van der Waals surface area contributed by atoms with Crippen LogP contribution >= 0.6 is 0 Å². The Balaban J connectivity index is 1.31. The first kappa shape index (κ1) is 17.9. The van der Waals surface area contributed by atoms with Gasteiger partial charge in [-0.1, -0.05) is 12.1 Å². The Kier molecular flexibility index (Phi) is 5.33. The van der Waals surface area contributed by atoms with Crippen molar-refractivity contribution in [1.82, 2.24) is 20.4 Å². The third kappa shape index (κ3) is 4.10. The average Bonchev–Trinajstić information content (AvgIpc) is 3.17. The molecule has 2 aromatic heterocycles. The molecule has 2 aliphatic rings. The molecule has 0 aliphatic carbocycles. The number of hydrogen-bond donors (Lipinski definition) is 1. The molecule has 1 fully saturated rings. The lowest BCUT2D eigenvalue weighted by molar-refractivity contribution is 0.0922. The van der Waals surface area contributed by atoms with Gasteiger partial charge >= 0.3 is 0 Å². The van der Waals surface area contributed by atoms with Crippen molar-refractivity contribution in [3.8, 4) is 0 Å². The van der Waals surface area contributed by atoms with Crippen LogP contribution in [0.3, 0.4) is 0 Å². The highest BCUT2D eigenvalue weighted by atomic mass is 16.5. The fourth-order valence-corrected chi connectivity index (χ4v) is 3.54. The van der Waals surface area contributed by atoms with Crippen molar-refractivity contribution in [3.63, 3.8) is 0 Å². The third-order valence-electron chi connectivity index (χ3n) is 5.08. The summed E-state index contributed by atoms with van der Waals surface area (Å²) in [7, 11) is 0. The van der Waals surface area contributed by atoms with E-state index in [1.54, 1.807) is 6.07 Å². The molecule has 8 nitrogen and oxygen atoms in total. The van der Waals surface area contributed by atoms with E-state index in [0.29, 0.717) is 12.3 Å². The van der Waals surface area contributed by atoms with Crippen LogP contribution in [0.25, 0.3) is 0 Å². The summed E-state index contributed by atoms with van der Waals surface area (Å²) in [5.41, 5.74) is 2.54. The number of fused-ring (bicyclic) bond motifs is 1. The largest absolute Gasteiger partial charge is 0.376 e. The van der Waals surface area contributed by atoms with E-state index in [1.165, 1.54) is 0 Å². The number of anilines is 1. The van der Waals surface area contributed by atoms with E-state index in [2.05, 4.69) is 27.3 Å². The number of carbonyl (C=O) groups is 1. The number of rotatable bonds is 5. The number of piperidine rings is 1. The first-order valence-corrected chi connectivity index (χ1v) is 9.67. The molecule has 0 radical (unpaired) electrons. The lowest BCUT2D eigenvalue weighted by Crippen LogP contribution is -2.45. The molecule has 144 valence electrons. The van der Waals surface area contributed by atoms with Gasteiger partial charge in [-0.15, -0.1) is 0 Å². The van der Waals surface area contributed by atoms with Crippen LogP contribution in [0.4, 0.5) is 5.95 Å². The predicted octanol–water partition coefficient (Wildman–Crippen LogP) is 1.89. The Labute approximate surface area is 158 Å². The molecule has 1 saturated heterocycles. The Morgan fingerprint density at radius 2 is 2.22 bits per heavy atom. The van der Waals surface area contributed by atoms with Crippen molar-refractivity contribution in [2.24, 2.45) is 0 Å². The highest BCUT2D eigenvalue weighted by Crippen LogP contribution is 2.20. The second-order valence-electron chi connectivity index (χ2n) is 7.11. The van der Waals surface area contributed by atoms with Crippen LogP contribution < -0.4 is 10.2 Å². The summed E-state index contributed by atoms with van der Waals surface area (Å²) in [6.45, 7) is 5.03. The van der Waals surface area contributed by atoms with E-state index in [0.717, 1.165) is 74.8 Å². The summed E-state index contributed by atoms with van der Waals surface area (Å²) in [4.78, 5) is 23.8. The number of carbonyl (C=O) groups excluding carboxylic acids is 1. The SMILES string of the molecule is CCCc1cc(C(=O)NC2CCN(c3ncc4c(n3)CCOC4)CC2)no1. The molecule has 4 rings (SSSR count). The molecule has 0 saturated carbocycles. The second kappa shape index (κ2) is 8.04. The van der Waals surface area contributed by atoms with Crippen molar-refractivity contribution in [2.45, 2.75) is 51.7 Å². The van der Waals surface area contributed by atoms with Gasteiger partial charge in [-0.2, -0.15) is 0 Å². The zero-order valence-electron chi connectivity index (χ0n) is 15.6. The summed E-state index contributed by atoms with van der Waals surface area (Å²) >= 11 is 0. The monoisotopic (exact) mass is 371 g/mol. The van der Waals surface area contributed by atoms with Gasteiger partial charge in [0, 0.05) is 49.8 Å². The minimum atomic E-state index is -0.162. The van der Waals surface area contributed by atoms with Gasteiger partial charge < -0.3 is 19.5 Å². The van der Waals surface area contributed by atoms with Crippen LogP contribution in [-0.2, 0) is 24.2 Å². The molecular formula is C19H25N5O3. The molecule has 0 atom stereocenters. The van der Waals surface area contributed by atoms with Crippen LogP contribution in [0.2, 0.25) is 0 Å². The fourth-order valence-electron chi connectivity index (χ4n) is 3.54. The van der Waals surface area contributed by atoms with Gasteiger partial charge in [0.15, 0.2) is 5.69 Å². The Hall–Kier alpha value is -2.48. The van der Waals surface area contributed by atoms with Crippen LogP contribution in [0, 0.1) is 0 Å². The predicted molar refractivity (Wildman–Crippen MR) is 98.6 cm³/mol. The number of ether oxygens (including phenoxy) is 1. The zero-order valence-corrected chi connectivity index (χ0v) is 15.6. The number of amides is 1. The average molecular weight is 371 g/mol. The quantitative estimate of drug-likeness (QED) is 0.858. The first-order chi connectivity index (χ1) is 13.2. The first-order valence-electron chi connectivity index (χ1n) is 9.67. The summed E-state index contributed by atoms with van der Waals surface area (Å²) < 4.78 is 10.6. The molecule has 2 aromatic rings. The molecule has 0 bridgehead atoms. The van der Waals surface area contributed by atoms with E-state index in [9.17, 15) is 4.79 Å². The van der Waals surface area contributed by atoms with Gasteiger partial charge in [0.2, 0.25) is 5.95 Å². The highest BCUT2D eigenvalue weighted by molar-refractivity contribution is 5.92. The summed E-state index contributed by atoms with van der Waals surface area (Å²) in [5.74, 6) is 1.37. The Bertz CT molecular complexity index is 798. The van der Waals surface area contributed by atoms with Gasteiger partial charge in [0.05, 0.1) is 18.9 Å². The van der Waals surface area contributed by atoms with E-state index < -0.39 is 0 Å². The van der Waals surface area contributed by atoms with E-state index in [4.69, 9.17) is 14.2 Å². The van der Waals surface area contributed by atoms with Gasteiger partial charge in [0.25, 0.3) is 5.91 Å². The molecule has 0 unspecified atom stereocenters. The normalized spacial score (nSPS) is 17.6. The van der Waals surface area contributed by atoms with Crippen molar-refractivity contribution in [3.05, 3.63) is 35.0 Å². The number of nitrogens with zero attached hydrogens (tertiary/aromatic N) is 4. The minimum Gasteiger partial charge on any atom is -0.376 e. The number of aryl methyl sites for hydroxylation is 1. The Morgan fingerprint density at radius 1 is 1.37 bits per heavy atom. The van der Waals surface area contributed by atoms with Crippen molar-refractivity contribution in [2.75, 3.05) is 24.6 Å². The summed E-state index contributed by atoms with van der Waals surface area (Å²) in [5, 5.41) is 6.94. The van der Waals surface area contributed by atoms with E-state index in [-0.39, 0.29) is 11.9 Å². The minimum absolute atomic E-state index is 0.131. The third-order valence-corrected chi connectivity index (χ3v) is 5.08. The maximum absolute atomic E-state index is 12.4. The molecule has 4 heterocycles. The van der Waals surface area contributed by atoms with E-state index in [1.807, 2.05) is 6.20 Å². The smallest absolute Gasteiger partial charge is 0.273 e. The maximum Gasteiger partial charge on any atom is 0.273 e. The van der Waals surface area contributed by atoms with Crippen LogP contribution in [-0.4, -0.2) is 46.8 Å². The Morgan fingerprint density at radius 3 is 3.04 bits per heavy atom. The van der Waals surface area contributed by atoms with Gasteiger partial charge in [-0.25, -0.2) is 9.97 Å². The van der Waals surface area contributed by atoms with E-state index >= 15 is 0 Å². The van der Waals surface area contributed by atoms with Gasteiger partial charge in [-0.3, -0.25) is 4.79 Å². The molecule has 2 aliphatic heterocycles. The molecule has 0 spiro atoms. The summed E-state index contributed by atoms with van der Waals surface area (Å²) in [6.07, 6.45) is 6.19. The zero-order chi connectivity index (χ0) is 18.6. The fraction of sp³-hybridized carbons (Fsp3) is 0.579.